The number of aromatic nitrogens is 4. The molecule has 1 atom stereocenters. The van der Waals surface area contributed by atoms with Crippen LogP contribution < -0.4 is 26.2 Å². The summed E-state index contributed by atoms with van der Waals surface area (Å²) in [6.07, 6.45) is 7.67. The van der Waals surface area contributed by atoms with Gasteiger partial charge in [0, 0.05) is 44.5 Å². The van der Waals surface area contributed by atoms with Crippen LogP contribution in [0.15, 0.2) is 53.6 Å². The van der Waals surface area contributed by atoms with Gasteiger partial charge in [0.25, 0.3) is 5.56 Å². The highest BCUT2D eigenvalue weighted by molar-refractivity contribution is 6.08. The molecule has 3 amide bonds. The van der Waals surface area contributed by atoms with Crippen molar-refractivity contribution in [2.24, 2.45) is 7.05 Å². The number of rotatable bonds is 6. The molecule has 59 heavy (non-hydrogen) atoms. The number of ether oxygens (including phenoxy) is 2. The lowest BCUT2D eigenvalue weighted by atomic mass is 9.79. The van der Waals surface area contributed by atoms with Gasteiger partial charge >= 0.3 is 6.03 Å². The number of anilines is 2. The number of nitriles is 1. The number of fused-ring (bicyclic) bond motifs is 2. The molecule has 1 unspecified atom stereocenters. The van der Waals surface area contributed by atoms with E-state index in [0.717, 1.165) is 63.2 Å². The van der Waals surface area contributed by atoms with Crippen molar-refractivity contribution in [2.75, 3.05) is 36.9 Å². The second-order valence-electron chi connectivity index (χ2n) is 15.7. The summed E-state index contributed by atoms with van der Waals surface area (Å²) in [7, 11) is 1.78. The Morgan fingerprint density at radius 1 is 0.966 bits per heavy atom. The average Bonchev–Trinajstić information content (AvgIpc) is 3.80. The van der Waals surface area contributed by atoms with Gasteiger partial charge in [-0.2, -0.15) is 10.4 Å². The molecule has 0 radical (unpaired) electrons. The summed E-state index contributed by atoms with van der Waals surface area (Å²) in [5, 5.41) is 17.2. The van der Waals surface area contributed by atoms with E-state index in [4.69, 9.17) is 15.2 Å². The second-order valence-corrected chi connectivity index (χ2v) is 15.7. The lowest BCUT2D eigenvalue weighted by molar-refractivity contribution is -0.120. The number of piperidine rings is 1. The average molecular weight is 808 g/mol. The number of nitrogens with zero attached hydrogens (tertiary/aromatic N) is 7. The molecular weight excluding hydrogens is 761 g/mol. The van der Waals surface area contributed by atoms with Crippen LogP contribution in [0, 0.1) is 23.0 Å². The standard InChI is InChI=1S/C41H41F2N9O5.C2H6/c1-49-35-18-27(32(43)17-29(35)38(48-49)51-13-10-36(53)47-40(51)55)23-2-4-24(5-3-23)50-14-11-41(12-15-50)19-25(21-56-41)52-22-46-34-9-6-26(16-28(34)39(52)54)57-37-30(20-44)33(45)8-7-31(37)42;1-2/h6-9,16-18,22-25H,2-5,10-15,19,21,45H2,1H3,(H,47,53,55);1-2H3. The van der Waals surface area contributed by atoms with Crippen molar-refractivity contribution in [1.82, 2.24) is 29.5 Å². The summed E-state index contributed by atoms with van der Waals surface area (Å²) in [5.74, 6) is -1.09. The lowest BCUT2D eigenvalue weighted by Crippen LogP contribution is -2.49. The normalized spacial score (nSPS) is 22.0. The van der Waals surface area contributed by atoms with Crippen LogP contribution in [0.2, 0.25) is 0 Å². The van der Waals surface area contributed by atoms with Crippen molar-refractivity contribution in [3.8, 4) is 17.6 Å². The molecule has 16 heteroatoms. The number of imide groups is 1. The van der Waals surface area contributed by atoms with Crippen LogP contribution in [-0.4, -0.2) is 74.1 Å². The fourth-order valence-electron chi connectivity index (χ4n) is 9.29. The van der Waals surface area contributed by atoms with Crippen LogP contribution in [-0.2, 0) is 16.6 Å². The third-order valence-corrected chi connectivity index (χ3v) is 12.4. The van der Waals surface area contributed by atoms with Gasteiger partial charge in [-0.15, -0.1) is 0 Å². The van der Waals surface area contributed by atoms with E-state index < -0.39 is 11.8 Å². The third-order valence-electron chi connectivity index (χ3n) is 12.4. The van der Waals surface area contributed by atoms with Gasteiger partial charge in [-0.05, 0) is 98.9 Å². The molecule has 1 aliphatic carbocycles. The monoisotopic (exact) mass is 807 g/mol. The van der Waals surface area contributed by atoms with Crippen molar-refractivity contribution in [2.45, 2.75) is 88.8 Å². The minimum absolute atomic E-state index is 0.0693. The summed E-state index contributed by atoms with van der Waals surface area (Å²) in [4.78, 5) is 46.4. The van der Waals surface area contributed by atoms with Crippen LogP contribution >= 0.6 is 0 Å². The Bertz CT molecular complexity index is 2550. The summed E-state index contributed by atoms with van der Waals surface area (Å²) >= 11 is 0. The van der Waals surface area contributed by atoms with E-state index in [1.807, 2.05) is 26.0 Å². The first-order chi connectivity index (χ1) is 28.5. The third kappa shape index (κ3) is 7.38. The van der Waals surface area contributed by atoms with Gasteiger partial charge in [0.2, 0.25) is 5.91 Å². The van der Waals surface area contributed by atoms with Gasteiger partial charge in [0.1, 0.15) is 23.2 Å². The van der Waals surface area contributed by atoms with E-state index in [9.17, 15) is 24.0 Å². The number of carbonyl (C=O) groups is 2. The van der Waals surface area contributed by atoms with E-state index in [-0.39, 0.29) is 70.6 Å². The highest BCUT2D eigenvalue weighted by Crippen LogP contribution is 2.44. The first-order valence-corrected chi connectivity index (χ1v) is 20.3. The highest BCUT2D eigenvalue weighted by atomic mass is 19.1. The summed E-state index contributed by atoms with van der Waals surface area (Å²) in [6.45, 7) is 6.31. The summed E-state index contributed by atoms with van der Waals surface area (Å²) in [6, 6.07) is 12.0. The van der Waals surface area contributed by atoms with Gasteiger partial charge in [-0.25, -0.2) is 18.6 Å². The topological polar surface area (TPSA) is 174 Å². The van der Waals surface area contributed by atoms with Crippen LogP contribution in [0.3, 0.4) is 0 Å². The molecule has 3 aliphatic heterocycles. The zero-order valence-corrected chi connectivity index (χ0v) is 33.3. The fraction of sp³-hybridized carbons (Fsp3) is 0.442. The van der Waals surface area contributed by atoms with E-state index in [0.29, 0.717) is 46.7 Å². The molecule has 0 bridgehead atoms. The molecule has 3 saturated heterocycles. The Balaban J connectivity index is 0.00000238. The van der Waals surface area contributed by atoms with Gasteiger partial charge in [-0.1, -0.05) is 13.8 Å². The van der Waals surface area contributed by atoms with Gasteiger partial charge in [0.15, 0.2) is 17.4 Å². The van der Waals surface area contributed by atoms with Crippen LogP contribution in [0.25, 0.3) is 21.8 Å². The molecule has 3 aromatic carbocycles. The number of benzene rings is 3. The number of likely N-dealkylation sites (tertiary alicyclic amines) is 1. The Morgan fingerprint density at radius 2 is 1.73 bits per heavy atom. The number of urea groups is 1. The summed E-state index contributed by atoms with van der Waals surface area (Å²) < 4.78 is 45.9. The van der Waals surface area contributed by atoms with Crippen LogP contribution in [0.5, 0.6) is 11.5 Å². The van der Waals surface area contributed by atoms with Crippen molar-refractivity contribution < 1.29 is 27.8 Å². The first-order valence-electron chi connectivity index (χ1n) is 20.3. The molecule has 4 aliphatic rings. The predicted octanol–water partition coefficient (Wildman–Crippen LogP) is 6.80. The Hall–Kier alpha value is -5.92. The Morgan fingerprint density at radius 3 is 2.46 bits per heavy atom. The van der Waals surface area contributed by atoms with Gasteiger partial charge < -0.3 is 20.1 Å². The molecule has 4 fully saturated rings. The second kappa shape index (κ2) is 16.0. The minimum atomic E-state index is -0.741. The Labute approximate surface area is 339 Å². The van der Waals surface area contributed by atoms with Crippen LogP contribution in [0.4, 0.5) is 25.1 Å². The lowest BCUT2D eigenvalue weighted by Gasteiger charge is -2.44. The molecule has 1 spiro atoms. The fourth-order valence-corrected chi connectivity index (χ4v) is 9.29. The molecule has 1 saturated carbocycles. The number of aryl methyl sites for hydroxylation is 1. The van der Waals surface area contributed by atoms with Crippen molar-refractivity contribution in [1.29, 1.82) is 5.26 Å². The number of nitrogens with one attached hydrogen (secondary N) is 1. The number of nitrogens with two attached hydrogens (primary N) is 1. The largest absolute Gasteiger partial charge is 0.453 e. The molecule has 2 aromatic heterocycles. The maximum absolute atomic E-state index is 15.8. The molecular formula is C43H47F2N9O5. The number of hydrogen-bond donors (Lipinski definition) is 2. The maximum atomic E-state index is 15.8. The molecule has 14 nitrogen and oxygen atoms in total. The number of nitrogen functional groups attached to an aromatic ring is 1. The SMILES string of the molecule is CC.Cn1nc(N2CCC(=O)NC2=O)c2cc(F)c(C3CCC(N4CCC5(CC4)CC(n4cnc6ccc(Oc7c(F)ccc(N)c7C#N)cc6c4=O)CO5)CC3)cc21. The maximum Gasteiger partial charge on any atom is 0.329 e. The Kier molecular flexibility index (Phi) is 10.8. The van der Waals surface area contributed by atoms with Gasteiger partial charge in [-0.3, -0.25) is 29.1 Å². The van der Waals surface area contributed by atoms with Crippen LogP contribution in [0.1, 0.15) is 88.3 Å². The quantitative estimate of drug-likeness (QED) is 0.174. The smallest absolute Gasteiger partial charge is 0.329 e. The molecule has 5 heterocycles. The van der Waals surface area contributed by atoms with Crippen molar-refractivity contribution in [3.05, 3.63) is 81.9 Å². The first kappa shape index (κ1) is 39.9. The highest BCUT2D eigenvalue weighted by Gasteiger charge is 2.45. The zero-order chi connectivity index (χ0) is 41.6. The molecule has 308 valence electrons. The van der Waals surface area contributed by atoms with E-state index in [1.165, 1.54) is 23.1 Å². The van der Waals surface area contributed by atoms with Gasteiger partial charge in [0.05, 0.1) is 46.7 Å². The molecule has 5 aromatic rings. The molecule has 3 N–H and O–H groups in total. The van der Waals surface area contributed by atoms with Crippen molar-refractivity contribution >= 4 is 45.2 Å². The van der Waals surface area contributed by atoms with E-state index in [1.54, 1.807) is 34.8 Å². The molecule has 9 rings (SSSR count). The number of halogens is 2. The number of hydrogen-bond acceptors (Lipinski definition) is 10. The summed E-state index contributed by atoms with van der Waals surface area (Å²) in [5.41, 5.74) is 7.09. The van der Waals surface area contributed by atoms with E-state index in [2.05, 4.69) is 20.3 Å². The minimum Gasteiger partial charge on any atom is -0.453 e. The number of amides is 3. The number of carbonyl (C=O) groups excluding carboxylic acids is 2. The van der Waals surface area contributed by atoms with Crippen molar-refractivity contribution in [3.63, 3.8) is 0 Å². The predicted molar refractivity (Wildman–Crippen MR) is 217 cm³/mol. The van der Waals surface area contributed by atoms with E-state index >= 15 is 4.39 Å². The zero-order valence-electron chi connectivity index (χ0n) is 33.3.